The van der Waals surface area contributed by atoms with Gasteiger partial charge in [-0.15, -0.1) is 0 Å². The molecule has 1 amide bonds. The molecule has 2 rings (SSSR count). The summed E-state index contributed by atoms with van der Waals surface area (Å²) in [6, 6.07) is 3.13. The number of hydrogen-bond donors (Lipinski definition) is 2. The third kappa shape index (κ3) is 1.34. The highest BCUT2D eigenvalue weighted by Crippen LogP contribution is 2.41. The van der Waals surface area contributed by atoms with E-state index in [1.54, 1.807) is 12.1 Å². The topological polar surface area (TPSA) is 49.3 Å². The Balaban J connectivity index is 2.63. The zero-order chi connectivity index (χ0) is 10.3. The number of nitrogens with one attached hydrogen (secondary N) is 1. The molecule has 1 aromatic rings. The van der Waals surface area contributed by atoms with Crippen LogP contribution in [0.5, 0.6) is 5.75 Å². The molecular formula is C10H10ClNO2. The largest absolute Gasteiger partial charge is 0.508 e. The van der Waals surface area contributed by atoms with Crippen LogP contribution >= 0.6 is 11.6 Å². The number of rotatable bonds is 0. The van der Waals surface area contributed by atoms with Gasteiger partial charge in [0.05, 0.1) is 10.7 Å². The van der Waals surface area contributed by atoms with E-state index in [1.807, 2.05) is 6.92 Å². The van der Waals surface area contributed by atoms with Crippen LogP contribution in [0.2, 0.25) is 5.02 Å². The monoisotopic (exact) mass is 211 g/mol. The van der Waals surface area contributed by atoms with Gasteiger partial charge < -0.3 is 10.4 Å². The summed E-state index contributed by atoms with van der Waals surface area (Å²) in [4.78, 5) is 11.2. The van der Waals surface area contributed by atoms with Gasteiger partial charge in [-0.2, -0.15) is 0 Å². The molecule has 2 N–H and O–H groups in total. The molecule has 0 aromatic heterocycles. The lowest BCUT2D eigenvalue weighted by molar-refractivity contribution is -0.116. The van der Waals surface area contributed by atoms with Gasteiger partial charge in [0.1, 0.15) is 5.75 Å². The molecule has 1 aliphatic heterocycles. The van der Waals surface area contributed by atoms with Gasteiger partial charge in [-0.25, -0.2) is 0 Å². The molecule has 1 unspecified atom stereocenters. The van der Waals surface area contributed by atoms with Crippen molar-refractivity contribution in [2.45, 2.75) is 19.3 Å². The maximum Gasteiger partial charge on any atom is 0.225 e. The number of halogens is 1. The van der Waals surface area contributed by atoms with Gasteiger partial charge in [-0.1, -0.05) is 18.5 Å². The van der Waals surface area contributed by atoms with Crippen molar-refractivity contribution in [1.29, 1.82) is 0 Å². The first kappa shape index (κ1) is 9.34. The van der Waals surface area contributed by atoms with Crippen LogP contribution in [0, 0.1) is 0 Å². The summed E-state index contributed by atoms with van der Waals surface area (Å²) in [6.07, 6.45) is 0.390. The van der Waals surface area contributed by atoms with Gasteiger partial charge in [0.25, 0.3) is 0 Å². The van der Waals surface area contributed by atoms with Crippen molar-refractivity contribution in [2.24, 2.45) is 0 Å². The Bertz CT molecular complexity index is 403. The van der Waals surface area contributed by atoms with Crippen LogP contribution in [0.1, 0.15) is 24.8 Å². The van der Waals surface area contributed by atoms with E-state index in [1.165, 1.54) is 0 Å². The molecule has 0 aliphatic carbocycles. The summed E-state index contributed by atoms with van der Waals surface area (Å²) in [5.74, 6) is 0.145. The number of phenolic OH excluding ortho intramolecular Hbond substituents is 1. The van der Waals surface area contributed by atoms with Crippen LogP contribution in [-0.4, -0.2) is 11.0 Å². The van der Waals surface area contributed by atoms with Gasteiger partial charge in [0.2, 0.25) is 5.91 Å². The third-order valence-electron chi connectivity index (χ3n) is 2.42. The molecule has 0 spiro atoms. The minimum Gasteiger partial charge on any atom is -0.508 e. The van der Waals surface area contributed by atoms with Crippen LogP contribution in [0.15, 0.2) is 12.1 Å². The van der Waals surface area contributed by atoms with E-state index in [-0.39, 0.29) is 17.6 Å². The van der Waals surface area contributed by atoms with Crippen molar-refractivity contribution in [1.82, 2.24) is 0 Å². The van der Waals surface area contributed by atoms with Crippen molar-refractivity contribution in [3.8, 4) is 5.75 Å². The number of hydrogen-bond acceptors (Lipinski definition) is 2. The van der Waals surface area contributed by atoms with Crippen molar-refractivity contribution in [3.63, 3.8) is 0 Å². The van der Waals surface area contributed by atoms with E-state index in [4.69, 9.17) is 11.6 Å². The molecule has 0 fully saturated rings. The molecule has 0 bridgehead atoms. The predicted octanol–water partition coefficient (Wildman–Crippen LogP) is 2.49. The lowest BCUT2D eigenvalue weighted by atomic mass is 9.91. The average molecular weight is 212 g/mol. The molecular weight excluding hydrogens is 202 g/mol. The highest BCUT2D eigenvalue weighted by molar-refractivity contribution is 6.34. The number of amides is 1. The number of anilines is 1. The molecule has 4 heteroatoms. The lowest BCUT2D eigenvalue weighted by Gasteiger charge is -2.24. The van der Waals surface area contributed by atoms with Crippen LogP contribution in [-0.2, 0) is 4.79 Å². The van der Waals surface area contributed by atoms with Crippen molar-refractivity contribution in [2.75, 3.05) is 5.32 Å². The molecule has 1 aromatic carbocycles. The summed E-state index contributed by atoms with van der Waals surface area (Å²) >= 11 is 5.92. The summed E-state index contributed by atoms with van der Waals surface area (Å²) in [5.41, 5.74) is 1.28. The number of benzene rings is 1. The number of fused-ring (bicyclic) bond motifs is 1. The van der Waals surface area contributed by atoms with Crippen molar-refractivity contribution >= 4 is 23.2 Å². The fraction of sp³-hybridized carbons (Fsp3) is 0.300. The Morgan fingerprint density at radius 2 is 2.29 bits per heavy atom. The summed E-state index contributed by atoms with van der Waals surface area (Å²) in [6.45, 7) is 1.90. The van der Waals surface area contributed by atoms with Gasteiger partial charge >= 0.3 is 0 Å². The second kappa shape index (κ2) is 3.17. The zero-order valence-corrected chi connectivity index (χ0v) is 8.43. The van der Waals surface area contributed by atoms with Crippen LogP contribution in [0.4, 0.5) is 5.69 Å². The number of carbonyl (C=O) groups excluding carboxylic acids is 1. The fourth-order valence-electron chi connectivity index (χ4n) is 1.78. The van der Waals surface area contributed by atoms with E-state index in [2.05, 4.69) is 5.32 Å². The molecule has 3 nitrogen and oxygen atoms in total. The lowest BCUT2D eigenvalue weighted by Crippen LogP contribution is -2.21. The van der Waals surface area contributed by atoms with Gasteiger partial charge in [0, 0.05) is 12.0 Å². The third-order valence-corrected chi connectivity index (χ3v) is 2.74. The van der Waals surface area contributed by atoms with Gasteiger partial charge in [-0.05, 0) is 18.1 Å². The molecule has 0 radical (unpaired) electrons. The smallest absolute Gasteiger partial charge is 0.225 e. The maximum atomic E-state index is 11.2. The minimum absolute atomic E-state index is 0.0115. The first-order chi connectivity index (χ1) is 6.59. The summed E-state index contributed by atoms with van der Waals surface area (Å²) in [5, 5.41) is 12.8. The van der Waals surface area contributed by atoms with Crippen LogP contribution in [0.3, 0.4) is 0 Å². The average Bonchev–Trinajstić information content (AvgIpc) is 2.10. The van der Waals surface area contributed by atoms with Crippen LogP contribution in [0.25, 0.3) is 0 Å². The Hall–Kier alpha value is -1.22. The quantitative estimate of drug-likeness (QED) is 0.693. The minimum atomic E-state index is -0.0579. The molecule has 1 atom stereocenters. The second-order valence-electron chi connectivity index (χ2n) is 3.51. The first-order valence-electron chi connectivity index (χ1n) is 4.41. The summed E-state index contributed by atoms with van der Waals surface area (Å²) in [7, 11) is 0. The summed E-state index contributed by atoms with van der Waals surface area (Å²) < 4.78 is 0. The fourth-order valence-corrected chi connectivity index (χ4v) is 1.99. The molecule has 0 saturated heterocycles. The van der Waals surface area contributed by atoms with Crippen molar-refractivity contribution in [3.05, 3.63) is 22.7 Å². The highest BCUT2D eigenvalue weighted by atomic mass is 35.5. The van der Waals surface area contributed by atoms with Crippen molar-refractivity contribution < 1.29 is 9.90 Å². The molecule has 1 heterocycles. The Morgan fingerprint density at radius 3 is 3.00 bits per heavy atom. The molecule has 1 aliphatic rings. The predicted molar refractivity (Wildman–Crippen MR) is 54.8 cm³/mol. The molecule has 0 saturated carbocycles. The van der Waals surface area contributed by atoms with Gasteiger partial charge in [-0.3, -0.25) is 4.79 Å². The zero-order valence-electron chi connectivity index (χ0n) is 7.67. The maximum absolute atomic E-state index is 11.2. The highest BCUT2D eigenvalue weighted by Gasteiger charge is 2.26. The van der Waals surface area contributed by atoms with E-state index in [0.29, 0.717) is 17.1 Å². The van der Waals surface area contributed by atoms with E-state index in [0.717, 1.165) is 5.56 Å². The number of phenols is 1. The van der Waals surface area contributed by atoms with E-state index >= 15 is 0 Å². The number of carbonyl (C=O) groups is 1. The van der Waals surface area contributed by atoms with Crippen LogP contribution < -0.4 is 5.32 Å². The van der Waals surface area contributed by atoms with E-state index < -0.39 is 0 Å². The second-order valence-corrected chi connectivity index (χ2v) is 3.92. The normalized spacial score (nSPS) is 20.1. The van der Waals surface area contributed by atoms with Gasteiger partial charge in [0.15, 0.2) is 0 Å². The molecule has 14 heavy (non-hydrogen) atoms. The molecule has 74 valence electrons. The first-order valence-corrected chi connectivity index (χ1v) is 4.78. The van der Waals surface area contributed by atoms with E-state index in [9.17, 15) is 9.90 Å². The standard InChI is InChI=1S/C10H10ClNO2/c1-5-4-8(14)12-10-6(11)2-3-7(13)9(5)10/h2-3,5,13H,4H2,1H3,(H,12,14). The SMILES string of the molecule is CC1CC(=O)Nc2c(Cl)ccc(O)c21. The Kier molecular flexibility index (Phi) is 2.11. The Morgan fingerprint density at radius 1 is 1.57 bits per heavy atom. The Labute approximate surface area is 86.7 Å². The number of aromatic hydroxyl groups is 1.